The minimum Gasteiger partial charge on any atom is -0.550 e. The van der Waals surface area contributed by atoms with Crippen molar-refractivity contribution in [3.8, 4) is 0 Å². The molecule has 4 heteroatoms. The van der Waals surface area contributed by atoms with Gasteiger partial charge >= 0.3 is 58.2 Å². The first-order valence-corrected chi connectivity index (χ1v) is 3.08. The van der Waals surface area contributed by atoms with E-state index >= 15 is 0 Å². The van der Waals surface area contributed by atoms with Gasteiger partial charge in [-0.2, -0.15) is 0 Å². The molecule has 10 heavy (non-hydrogen) atoms. The quantitative estimate of drug-likeness (QED) is 0.481. The fraction of sp³-hybridized carbons (Fsp3) is 0.833. The molecule has 0 rings (SSSR count). The molecule has 0 spiro atoms. The molecular weight excluding hydrogens is 206 g/mol. The molecule has 0 aliphatic heterocycles. The summed E-state index contributed by atoms with van der Waals surface area (Å²) in [5.41, 5.74) is 0. The van der Waals surface area contributed by atoms with Crippen molar-refractivity contribution >= 4 is 5.97 Å². The molecule has 0 saturated carbocycles. The van der Waals surface area contributed by atoms with Gasteiger partial charge < -0.3 is 15.0 Å². The van der Waals surface area contributed by atoms with E-state index in [1.54, 1.807) is 0 Å². The molecule has 0 fully saturated rings. The molecule has 0 aromatic rings. The van der Waals surface area contributed by atoms with Gasteiger partial charge in [0.05, 0.1) is 0 Å². The Bertz CT molecular complexity index is 85.1. The first-order valence-electron chi connectivity index (χ1n) is 3.08. The molecule has 0 radical (unpaired) electrons. The Morgan fingerprint density at radius 3 is 2.30 bits per heavy atom. The number of aliphatic hydroxyl groups excluding tert-OH is 1. The average molecular weight is 217 g/mol. The van der Waals surface area contributed by atoms with Gasteiger partial charge in [0.25, 0.3) is 0 Å². The van der Waals surface area contributed by atoms with E-state index in [0.717, 1.165) is 6.42 Å². The number of rotatable bonds is 5. The predicted octanol–water partition coefficient (Wildman–Crippen LogP) is -3.71. The molecule has 0 heterocycles. The number of hydrogen-bond acceptors (Lipinski definition) is 3. The predicted molar refractivity (Wildman–Crippen MR) is 30.6 cm³/mol. The van der Waals surface area contributed by atoms with E-state index in [2.05, 4.69) is 0 Å². The van der Waals surface area contributed by atoms with Crippen molar-refractivity contribution in [2.45, 2.75) is 25.7 Å². The van der Waals surface area contributed by atoms with Crippen molar-refractivity contribution in [2.75, 3.05) is 6.61 Å². The molecule has 0 amide bonds. The van der Waals surface area contributed by atoms with Crippen LogP contribution in [0.25, 0.3) is 0 Å². The van der Waals surface area contributed by atoms with E-state index in [9.17, 15) is 9.90 Å². The van der Waals surface area contributed by atoms with Crippen LogP contribution in [-0.2, 0) is 4.79 Å². The number of carbonyl (C=O) groups is 1. The van der Waals surface area contributed by atoms with Crippen LogP contribution in [0.5, 0.6) is 0 Å². The third kappa shape index (κ3) is 12.0. The van der Waals surface area contributed by atoms with Crippen molar-refractivity contribution in [3.05, 3.63) is 0 Å². The van der Waals surface area contributed by atoms with Crippen molar-refractivity contribution in [2.24, 2.45) is 0 Å². The fourth-order valence-electron chi connectivity index (χ4n) is 0.558. The Kier molecular flexibility index (Phi) is 14.1. The SMILES string of the molecule is O=C([O-])CCCCCO.[Rb+]. The van der Waals surface area contributed by atoms with Gasteiger partial charge in [0.15, 0.2) is 0 Å². The van der Waals surface area contributed by atoms with Gasteiger partial charge in [-0.1, -0.05) is 6.42 Å². The minimum absolute atomic E-state index is 0. The molecule has 1 N–H and O–H groups in total. The normalized spacial score (nSPS) is 8.50. The third-order valence-corrected chi connectivity index (χ3v) is 1.04. The summed E-state index contributed by atoms with van der Waals surface area (Å²) in [7, 11) is 0. The van der Waals surface area contributed by atoms with Gasteiger partial charge in [-0.3, -0.25) is 0 Å². The standard InChI is InChI=1S/C6H12O3.Rb/c7-5-3-1-2-4-6(8)9;/h7H,1-5H2,(H,8,9);/q;+1/p-1. The zero-order chi connectivity index (χ0) is 7.11. The number of carbonyl (C=O) groups excluding carboxylic acids is 1. The fourth-order valence-corrected chi connectivity index (χ4v) is 0.558. The maximum absolute atomic E-state index is 9.79. The minimum atomic E-state index is -1.01. The molecule has 0 bridgehead atoms. The molecule has 3 nitrogen and oxygen atoms in total. The van der Waals surface area contributed by atoms with E-state index in [4.69, 9.17) is 5.11 Å². The van der Waals surface area contributed by atoms with Crippen LogP contribution >= 0.6 is 0 Å². The Labute approximate surface area is 110 Å². The summed E-state index contributed by atoms with van der Waals surface area (Å²) in [6, 6.07) is 0. The maximum Gasteiger partial charge on any atom is 1.00 e. The Morgan fingerprint density at radius 2 is 1.90 bits per heavy atom. The summed E-state index contributed by atoms with van der Waals surface area (Å²) in [5.74, 6) is -1.01. The molecule has 0 aromatic carbocycles. The Hall–Kier alpha value is 1.24. The summed E-state index contributed by atoms with van der Waals surface area (Å²) < 4.78 is 0. The Balaban J connectivity index is 0. The van der Waals surface area contributed by atoms with Crippen LogP contribution in [0, 0.1) is 0 Å². The second-order valence-electron chi connectivity index (χ2n) is 1.91. The second-order valence-corrected chi connectivity index (χ2v) is 1.91. The number of unbranched alkanes of at least 4 members (excludes halogenated alkanes) is 2. The van der Waals surface area contributed by atoms with Gasteiger partial charge in [-0.15, -0.1) is 0 Å². The molecule has 0 aliphatic rings. The van der Waals surface area contributed by atoms with Crippen molar-refractivity contribution < 1.29 is 73.2 Å². The average Bonchev–Trinajstić information content (AvgIpc) is 1.80. The van der Waals surface area contributed by atoms with E-state index in [1.165, 1.54) is 0 Å². The first-order chi connectivity index (χ1) is 4.27. The molecule has 54 valence electrons. The second kappa shape index (κ2) is 10.2. The van der Waals surface area contributed by atoms with Crippen molar-refractivity contribution in [3.63, 3.8) is 0 Å². The van der Waals surface area contributed by atoms with Crippen LogP contribution in [0.3, 0.4) is 0 Å². The first kappa shape index (κ1) is 13.8. The van der Waals surface area contributed by atoms with Gasteiger partial charge in [0.2, 0.25) is 0 Å². The van der Waals surface area contributed by atoms with Gasteiger partial charge in [0.1, 0.15) is 0 Å². The topological polar surface area (TPSA) is 60.4 Å². The van der Waals surface area contributed by atoms with Crippen LogP contribution < -0.4 is 63.3 Å². The molecule has 0 aliphatic carbocycles. The van der Waals surface area contributed by atoms with Crippen LogP contribution in [0.4, 0.5) is 0 Å². The van der Waals surface area contributed by atoms with E-state index in [0.29, 0.717) is 12.8 Å². The largest absolute Gasteiger partial charge is 1.00 e. The van der Waals surface area contributed by atoms with Crippen LogP contribution in [0.2, 0.25) is 0 Å². The summed E-state index contributed by atoms with van der Waals surface area (Å²) in [5, 5.41) is 18.1. The number of carboxylic acid groups (broad SMARTS) is 1. The molecule has 0 saturated heterocycles. The smallest absolute Gasteiger partial charge is 0.550 e. The van der Waals surface area contributed by atoms with E-state index in [1.807, 2.05) is 0 Å². The molecule has 0 unspecified atom stereocenters. The zero-order valence-electron chi connectivity index (χ0n) is 6.30. The van der Waals surface area contributed by atoms with Gasteiger partial charge in [-0.25, -0.2) is 0 Å². The third-order valence-electron chi connectivity index (χ3n) is 1.04. The van der Waals surface area contributed by atoms with Crippen LogP contribution in [0.15, 0.2) is 0 Å². The number of aliphatic hydroxyl groups is 1. The maximum atomic E-state index is 9.79. The van der Waals surface area contributed by atoms with Crippen molar-refractivity contribution in [1.29, 1.82) is 0 Å². The Morgan fingerprint density at radius 1 is 1.30 bits per heavy atom. The monoisotopic (exact) mass is 216 g/mol. The number of carboxylic acids is 1. The summed E-state index contributed by atoms with van der Waals surface area (Å²) in [4.78, 5) is 9.79. The van der Waals surface area contributed by atoms with Crippen LogP contribution in [0.1, 0.15) is 25.7 Å². The summed E-state index contributed by atoms with van der Waals surface area (Å²) in [6.07, 6.45) is 2.18. The van der Waals surface area contributed by atoms with Gasteiger partial charge in [-0.05, 0) is 19.3 Å². The summed E-state index contributed by atoms with van der Waals surface area (Å²) in [6.45, 7) is 0.146. The number of hydrogen-bond donors (Lipinski definition) is 1. The van der Waals surface area contributed by atoms with E-state index < -0.39 is 5.97 Å². The summed E-state index contributed by atoms with van der Waals surface area (Å²) >= 11 is 0. The van der Waals surface area contributed by atoms with E-state index in [-0.39, 0.29) is 71.2 Å². The number of aliphatic carboxylic acids is 1. The molecular formula is C6H11O3Rb. The molecule has 0 atom stereocenters. The van der Waals surface area contributed by atoms with Crippen LogP contribution in [-0.4, -0.2) is 17.7 Å². The van der Waals surface area contributed by atoms with Gasteiger partial charge in [0, 0.05) is 12.6 Å². The zero-order valence-corrected chi connectivity index (χ0v) is 11.2. The van der Waals surface area contributed by atoms with Crippen molar-refractivity contribution in [1.82, 2.24) is 0 Å². The molecule has 0 aromatic heterocycles.